The molecule has 9 rings (SSSR count). The third kappa shape index (κ3) is 2.94. The van der Waals surface area contributed by atoms with Crippen molar-refractivity contribution in [3.63, 3.8) is 0 Å². The van der Waals surface area contributed by atoms with Crippen LogP contribution in [0.15, 0.2) is 127 Å². The van der Waals surface area contributed by atoms with E-state index in [4.69, 9.17) is 0 Å². The minimum atomic E-state index is 1.19. The van der Waals surface area contributed by atoms with E-state index in [-0.39, 0.29) is 0 Å². The molecule has 0 radical (unpaired) electrons. The smallest absolute Gasteiger partial charge is 0.0727 e. The molecule has 182 valence electrons. The molecule has 0 amide bonds. The van der Waals surface area contributed by atoms with Crippen LogP contribution in [-0.4, -0.2) is 4.57 Å². The molecule has 6 aromatic carbocycles. The number of rotatable bonds is 2. The number of nitrogens with zero attached hydrogens (tertiary/aromatic N) is 1. The van der Waals surface area contributed by atoms with Gasteiger partial charge in [-0.1, -0.05) is 97.1 Å². The minimum absolute atomic E-state index is 1.19. The molecule has 0 saturated carbocycles. The summed E-state index contributed by atoms with van der Waals surface area (Å²) >= 11 is 3.86. The lowest BCUT2D eigenvalue weighted by Crippen LogP contribution is -1.94. The van der Waals surface area contributed by atoms with Gasteiger partial charge in [-0.2, -0.15) is 0 Å². The first-order chi connectivity index (χ1) is 19.4. The molecule has 0 spiro atoms. The number of thiophene rings is 2. The summed E-state index contributed by atoms with van der Waals surface area (Å²) in [4.78, 5) is 0. The van der Waals surface area contributed by atoms with Gasteiger partial charge in [0.15, 0.2) is 0 Å². The highest BCUT2D eigenvalue weighted by Crippen LogP contribution is 2.51. The SMILES string of the molecule is c1ccc(-c2ccc(-n3c4ccccc4c4c5c6ccccc6sc5c5c6ccccc6sc5c43)cc2)cc1. The van der Waals surface area contributed by atoms with Crippen molar-refractivity contribution in [2.24, 2.45) is 0 Å². The van der Waals surface area contributed by atoms with Crippen molar-refractivity contribution in [1.29, 1.82) is 0 Å². The van der Waals surface area contributed by atoms with Crippen LogP contribution in [0.2, 0.25) is 0 Å². The van der Waals surface area contributed by atoms with E-state index in [0.29, 0.717) is 0 Å². The van der Waals surface area contributed by atoms with Gasteiger partial charge in [0.25, 0.3) is 0 Å². The van der Waals surface area contributed by atoms with E-state index in [1.54, 1.807) is 0 Å². The van der Waals surface area contributed by atoms with E-state index < -0.39 is 0 Å². The van der Waals surface area contributed by atoms with Crippen molar-refractivity contribution < 1.29 is 0 Å². The highest BCUT2D eigenvalue weighted by Gasteiger charge is 2.24. The van der Waals surface area contributed by atoms with Crippen LogP contribution < -0.4 is 0 Å². The number of benzene rings is 6. The monoisotopic (exact) mass is 531 g/mol. The molecule has 0 aliphatic carbocycles. The molecule has 0 unspecified atom stereocenters. The molecule has 0 saturated heterocycles. The summed E-state index contributed by atoms with van der Waals surface area (Å²) < 4.78 is 7.96. The fourth-order valence-electron chi connectivity index (χ4n) is 6.32. The van der Waals surface area contributed by atoms with E-state index >= 15 is 0 Å². The van der Waals surface area contributed by atoms with Gasteiger partial charge in [-0.05, 0) is 41.5 Å². The molecule has 0 N–H and O–H groups in total. The predicted octanol–water partition coefficient (Wildman–Crippen LogP) is 11.2. The molecule has 3 heteroatoms. The fraction of sp³-hybridized carbons (Fsp3) is 0. The fourth-order valence-corrected chi connectivity index (χ4v) is 8.91. The van der Waals surface area contributed by atoms with Crippen LogP contribution in [0.1, 0.15) is 0 Å². The molecule has 39 heavy (non-hydrogen) atoms. The van der Waals surface area contributed by atoms with Gasteiger partial charge in [0.1, 0.15) is 0 Å². The van der Waals surface area contributed by atoms with Crippen molar-refractivity contribution in [3.05, 3.63) is 127 Å². The van der Waals surface area contributed by atoms with Crippen molar-refractivity contribution in [1.82, 2.24) is 4.57 Å². The van der Waals surface area contributed by atoms with Gasteiger partial charge in [0.05, 0.1) is 15.7 Å². The van der Waals surface area contributed by atoms with Crippen LogP contribution in [0, 0.1) is 0 Å². The molecule has 3 aromatic heterocycles. The lowest BCUT2D eigenvalue weighted by molar-refractivity contribution is 1.19. The average Bonchev–Trinajstić information content (AvgIpc) is 3.67. The molecule has 9 aromatic rings. The van der Waals surface area contributed by atoms with Crippen LogP contribution in [-0.2, 0) is 0 Å². The van der Waals surface area contributed by atoms with Crippen LogP contribution in [0.4, 0.5) is 0 Å². The van der Waals surface area contributed by atoms with Crippen LogP contribution in [0.25, 0.3) is 79.0 Å². The third-order valence-corrected chi connectivity index (χ3v) is 10.4. The van der Waals surface area contributed by atoms with Crippen LogP contribution in [0.5, 0.6) is 0 Å². The Balaban J connectivity index is 1.50. The first-order valence-corrected chi connectivity index (χ1v) is 14.8. The standard InChI is InChI=1S/C36H21NS2/c1-2-10-22(11-3-1)23-18-20-24(21-19-23)37-28-15-7-4-12-25(28)31-32-26-13-5-8-16-29(26)38-35(32)33-27-14-6-9-17-30(27)39-36(33)34(31)37/h1-21H. The number of aromatic nitrogens is 1. The van der Waals surface area contributed by atoms with Crippen molar-refractivity contribution in [3.8, 4) is 16.8 Å². The van der Waals surface area contributed by atoms with Gasteiger partial charge >= 0.3 is 0 Å². The van der Waals surface area contributed by atoms with Crippen molar-refractivity contribution in [2.75, 3.05) is 0 Å². The molecule has 3 heterocycles. The molecule has 0 aliphatic rings. The zero-order chi connectivity index (χ0) is 25.5. The Hall–Kier alpha value is -4.44. The zero-order valence-electron chi connectivity index (χ0n) is 20.9. The molecule has 0 aliphatic heterocycles. The Kier molecular flexibility index (Phi) is 4.43. The number of hydrogen-bond donors (Lipinski definition) is 0. The average molecular weight is 532 g/mol. The number of para-hydroxylation sites is 1. The zero-order valence-corrected chi connectivity index (χ0v) is 22.5. The molecule has 0 atom stereocenters. The molecular weight excluding hydrogens is 511 g/mol. The lowest BCUT2D eigenvalue weighted by Gasteiger charge is -2.10. The lowest BCUT2D eigenvalue weighted by atomic mass is 10.0. The summed E-state index contributed by atoms with van der Waals surface area (Å²) in [5.74, 6) is 0. The van der Waals surface area contributed by atoms with Gasteiger partial charge < -0.3 is 4.57 Å². The molecule has 0 fully saturated rings. The largest absolute Gasteiger partial charge is 0.308 e. The van der Waals surface area contributed by atoms with Gasteiger partial charge in [-0.3, -0.25) is 0 Å². The summed E-state index contributed by atoms with van der Waals surface area (Å²) in [6.07, 6.45) is 0. The summed E-state index contributed by atoms with van der Waals surface area (Å²) in [7, 11) is 0. The van der Waals surface area contributed by atoms with E-state index in [1.165, 1.54) is 79.0 Å². The Morgan fingerprint density at radius 2 is 0.974 bits per heavy atom. The second-order valence-corrected chi connectivity index (χ2v) is 12.2. The van der Waals surface area contributed by atoms with Crippen LogP contribution >= 0.6 is 22.7 Å². The van der Waals surface area contributed by atoms with Gasteiger partial charge in [0.2, 0.25) is 0 Å². The number of fused-ring (bicyclic) bond motifs is 12. The highest BCUT2D eigenvalue weighted by molar-refractivity contribution is 7.30. The maximum atomic E-state index is 2.50. The highest BCUT2D eigenvalue weighted by atomic mass is 32.1. The minimum Gasteiger partial charge on any atom is -0.308 e. The second kappa shape index (κ2) is 8.03. The molecule has 1 nitrogen and oxygen atoms in total. The van der Waals surface area contributed by atoms with E-state index in [0.717, 1.165) is 0 Å². The summed E-state index contributed by atoms with van der Waals surface area (Å²) in [5, 5.41) is 8.16. The van der Waals surface area contributed by atoms with Crippen LogP contribution in [0.3, 0.4) is 0 Å². The van der Waals surface area contributed by atoms with Gasteiger partial charge in [-0.25, -0.2) is 0 Å². The first kappa shape index (κ1) is 21.5. The number of hydrogen-bond acceptors (Lipinski definition) is 2. The van der Waals surface area contributed by atoms with Crippen molar-refractivity contribution in [2.45, 2.75) is 0 Å². The van der Waals surface area contributed by atoms with Gasteiger partial charge in [0, 0.05) is 52.1 Å². The Bertz CT molecular complexity index is 2370. The maximum absolute atomic E-state index is 2.50. The molecule has 0 bridgehead atoms. The van der Waals surface area contributed by atoms with E-state index in [9.17, 15) is 0 Å². The van der Waals surface area contributed by atoms with Crippen molar-refractivity contribution >= 4 is 84.8 Å². The summed E-state index contributed by atoms with van der Waals surface area (Å²) in [6, 6.07) is 46.4. The summed E-state index contributed by atoms with van der Waals surface area (Å²) in [5.41, 5.74) is 6.24. The Morgan fingerprint density at radius 3 is 1.72 bits per heavy atom. The molecular formula is C36H21NS2. The topological polar surface area (TPSA) is 4.93 Å². The van der Waals surface area contributed by atoms with Gasteiger partial charge in [-0.15, -0.1) is 22.7 Å². The Morgan fingerprint density at radius 1 is 0.410 bits per heavy atom. The third-order valence-electron chi connectivity index (χ3n) is 7.99. The first-order valence-electron chi connectivity index (χ1n) is 13.2. The maximum Gasteiger partial charge on any atom is 0.0727 e. The predicted molar refractivity (Wildman–Crippen MR) is 172 cm³/mol. The second-order valence-electron chi connectivity index (χ2n) is 10.1. The van der Waals surface area contributed by atoms with E-state index in [2.05, 4.69) is 132 Å². The normalized spacial score (nSPS) is 12.1. The summed E-state index contributed by atoms with van der Waals surface area (Å²) in [6.45, 7) is 0. The Labute approximate surface area is 232 Å². The quantitative estimate of drug-likeness (QED) is 0.209. The van der Waals surface area contributed by atoms with E-state index in [1.807, 2.05) is 22.7 Å².